The molecule has 2 aromatic rings. The number of nitrogens with one attached hydrogen (secondary N) is 1. The van der Waals surface area contributed by atoms with E-state index in [1.54, 1.807) is 43.1 Å². The molecule has 24 heavy (non-hydrogen) atoms. The Labute approximate surface area is 139 Å². The number of anilines is 1. The van der Waals surface area contributed by atoms with Gasteiger partial charge in [-0.2, -0.15) is 0 Å². The largest absolute Gasteiger partial charge is 0.480 e. The first-order valence-electron chi connectivity index (χ1n) is 7.67. The summed E-state index contributed by atoms with van der Waals surface area (Å²) in [5.41, 5.74) is 1.45. The molecule has 0 aliphatic heterocycles. The van der Waals surface area contributed by atoms with E-state index in [1.165, 1.54) is 4.90 Å². The van der Waals surface area contributed by atoms with Crippen LogP contribution in [0, 0.1) is 0 Å². The van der Waals surface area contributed by atoms with E-state index in [-0.39, 0.29) is 24.8 Å². The maximum atomic E-state index is 11.9. The Morgan fingerprint density at radius 3 is 2.58 bits per heavy atom. The zero-order valence-electron chi connectivity index (χ0n) is 13.8. The molecule has 0 aliphatic rings. The fraction of sp³-hybridized carbons (Fsp3) is 0.353. The Kier molecular flexibility index (Phi) is 5.57. The molecule has 0 spiro atoms. The molecule has 1 aromatic carbocycles. The maximum absolute atomic E-state index is 11.9. The van der Waals surface area contributed by atoms with Crippen LogP contribution in [-0.2, 0) is 20.9 Å². The van der Waals surface area contributed by atoms with Crippen molar-refractivity contribution in [1.82, 2.24) is 9.47 Å². The van der Waals surface area contributed by atoms with Crippen LogP contribution in [-0.4, -0.2) is 46.5 Å². The zero-order chi connectivity index (χ0) is 17.7. The van der Waals surface area contributed by atoms with Gasteiger partial charge in [0.25, 0.3) is 0 Å². The number of aromatic nitrogens is 1. The predicted molar refractivity (Wildman–Crippen MR) is 90.7 cm³/mol. The second-order valence-electron chi connectivity index (χ2n) is 5.80. The van der Waals surface area contributed by atoms with Crippen LogP contribution in [0.5, 0.6) is 0 Å². The van der Waals surface area contributed by atoms with Crippen molar-refractivity contribution in [3.05, 3.63) is 30.5 Å². The Balaban J connectivity index is 1.94. The molecule has 0 saturated carbocycles. The number of amides is 2. The fourth-order valence-electron chi connectivity index (χ4n) is 2.41. The Bertz CT molecular complexity index is 764. The molecule has 1 heterocycles. The lowest BCUT2D eigenvalue weighted by Crippen LogP contribution is -2.21. The van der Waals surface area contributed by atoms with Crippen molar-refractivity contribution in [3.8, 4) is 0 Å². The second kappa shape index (κ2) is 7.63. The smallest absolute Gasteiger partial charge is 0.323 e. The van der Waals surface area contributed by atoms with Crippen molar-refractivity contribution in [3.63, 3.8) is 0 Å². The number of hydrogen-bond acceptors (Lipinski definition) is 3. The van der Waals surface area contributed by atoms with Crippen molar-refractivity contribution >= 4 is 34.4 Å². The van der Waals surface area contributed by atoms with Gasteiger partial charge in [-0.15, -0.1) is 0 Å². The van der Waals surface area contributed by atoms with Crippen molar-refractivity contribution in [1.29, 1.82) is 0 Å². The van der Waals surface area contributed by atoms with E-state index in [9.17, 15) is 14.4 Å². The first-order valence-corrected chi connectivity index (χ1v) is 7.67. The van der Waals surface area contributed by atoms with Crippen molar-refractivity contribution < 1.29 is 19.5 Å². The summed E-state index contributed by atoms with van der Waals surface area (Å²) in [4.78, 5) is 35.7. The third-order valence-electron chi connectivity index (χ3n) is 3.65. The molecule has 7 heteroatoms. The van der Waals surface area contributed by atoms with Crippen LogP contribution in [0.15, 0.2) is 30.5 Å². The number of carboxylic acid groups (broad SMARTS) is 1. The van der Waals surface area contributed by atoms with Crippen LogP contribution in [0.1, 0.15) is 19.3 Å². The number of carboxylic acids is 1. The molecule has 0 radical (unpaired) electrons. The van der Waals surface area contributed by atoms with Crippen molar-refractivity contribution in [2.75, 3.05) is 19.4 Å². The second-order valence-corrected chi connectivity index (χ2v) is 5.80. The molecule has 0 unspecified atom stereocenters. The van der Waals surface area contributed by atoms with Crippen LogP contribution in [0.4, 0.5) is 5.69 Å². The highest BCUT2D eigenvalue weighted by Crippen LogP contribution is 2.21. The third-order valence-corrected chi connectivity index (χ3v) is 3.65. The molecule has 7 nitrogen and oxygen atoms in total. The van der Waals surface area contributed by atoms with E-state index in [2.05, 4.69) is 5.32 Å². The molecular formula is C17H21N3O4. The Morgan fingerprint density at radius 1 is 1.17 bits per heavy atom. The first-order chi connectivity index (χ1) is 11.4. The number of nitrogens with zero attached hydrogens (tertiary/aromatic N) is 2. The number of carbonyl (C=O) groups is 3. The minimum absolute atomic E-state index is 0.00369. The molecule has 0 saturated heterocycles. The number of fused-ring (bicyclic) bond motifs is 1. The van der Waals surface area contributed by atoms with Gasteiger partial charge in [-0.1, -0.05) is 0 Å². The minimum Gasteiger partial charge on any atom is -0.480 e. The number of carbonyl (C=O) groups excluding carboxylic acids is 2. The summed E-state index contributed by atoms with van der Waals surface area (Å²) in [5, 5.41) is 12.5. The molecule has 2 amide bonds. The predicted octanol–water partition coefficient (Wildman–Crippen LogP) is 1.92. The number of rotatable bonds is 7. The molecule has 0 atom stereocenters. The summed E-state index contributed by atoms with van der Waals surface area (Å²) in [7, 11) is 3.38. The van der Waals surface area contributed by atoms with Crippen LogP contribution < -0.4 is 5.32 Å². The van der Waals surface area contributed by atoms with Crippen LogP contribution in [0.3, 0.4) is 0 Å². The van der Waals surface area contributed by atoms with E-state index >= 15 is 0 Å². The minimum atomic E-state index is -0.905. The van der Waals surface area contributed by atoms with Crippen LogP contribution in [0.25, 0.3) is 10.9 Å². The van der Waals surface area contributed by atoms with E-state index in [0.29, 0.717) is 18.5 Å². The average molecular weight is 331 g/mol. The van der Waals surface area contributed by atoms with Gasteiger partial charge in [-0.25, -0.2) is 0 Å². The van der Waals surface area contributed by atoms with E-state index < -0.39 is 5.97 Å². The average Bonchev–Trinajstić information content (AvgIpc) is 2.88. The molecule has 2 rings (SSSR count). The van der Waals surface area contributed by atoms with E-state index in [0.717, 1.165) is 10.9 Å². The van der Waals surface area contributed by atoms with Gasteiger partial charge in [-0.3, -0.25) is 14.4 Å². The van der Waals surface area contributed by atoms with Crippen molar-refractivity contribution in [2.24, 2.45) is 0 Å². The molecule has 0 bridgehead atoms. The first kappa shape index (κ1) is 17.5. The van der Waals surface area contributed by atoms with E-state index in [1.807, 2.05) is 6.07 Å². The summed E-state index contributed by atoms with van der Waals surface area (Å²) >= 11 is 0. The number of hydrogen-bond donors (Lipinski definition) is 2. The summed E-state index contributed by atoms with van der Waals surface area (Å²) in [6.45, 7) is -0.102. The van der Waals surface area contributed by atoms with Crippen LogP contribution in [0.2, 0.25) is 0 Å². The quantitative estimate of drug-likeness (QED) is 0.811. The lowest BCUT2D eigenvalue weighted by Gasteiger charge is -2.10. The zero-order valence-corrected chi connectivity index (χ0v) is 13.8. The summed E-state index contributed by atoms with van der Waals surface area (Å²) in [6, 6.07) is 7.13. The topological polar surface area (TPSA) is 91.6 Å². The molecule has 1 aromatic heterocycles. The van der Waals surface area contributed by atoms with Crippen LogP contribution >= 0.6 is 0 Å². The van der Waals surface area contributed by atoms with Gasteiger partial charge < -0.3 is 19.9 Å². The SMILES string of the molecule is CN(C)C(=O)CCCC(=O)Nc1ccc2c(ccn2CC(=O)O)c1. The molecule has 0 aliphatic carbocycles. The Morgan fingerprint density at radius 2 is 1.92 bits per heavy atom. The normalized spacial score (nSPS) is 10.6. The lowest BCUT2D eigenvalue weighted by molar-refractivity contribution is -0.137. The van der Waals surface area contributed by atoms with Gasteiger partial charge >= 0.3 is 5.97 Å². The highest BCUT2D eigenvalue weighted by Gasteiger charge is 2.09. The van der Waals surface area contributed by atoms with Crippen molar-refractivity contribution in [2.45, 2.75) is 25.8 Å². The monoisotopic (exact) mass is 331 g/mol. The van der Waals surface area contributed by atoms with Gasteiger partial charge in [-0.05, 0) is 30.7 Å². The standard InChI is InChI=1S/C17H21N3O4/c1-19(2)16(22)5-3-4-15(21)18-13-6-7-14-12(10-13)8-9-20(14)11-17(23)24/h6-10H,3-5,11H2,1-2H3,(H,18,21)(H,23,24). The molecular weight excluding hydrogens is 310 g/mol. The fourth-order valence-corrected chi connectivity index (χ4v) is 2.41. The Hall–Kier alpha value is -2.83. The van der Waals surface area contributed by atoms with Gasteiger partial charge in [0, 0.05) is 49.7 Å². The highest BCUT2D eigenvalue weighted by molar-refractivity contribution is 5.94. The maximum Gasteiger partial charge on any atom is 0.323 e. The molecule has 128 valence electrons. The van der Waals surface area contributed by atoms with Gasteiger partial charge in [0.1, 0.15) is 6.54 Å². The summed E-state index contributed by atoms with van der Waals surface area (Å²) in [5.74, 6) is -1.05. The highest BCUT2D eigenvalue weighted by atomic mass is 16.4. The third kappa shape index (κ3) is 4.58. The lowest BCUT2D eigenvalue weighted by atomic mass is 10.2. The van der Waals surface area contributed by atoms with Gasteiger partial charge in [0.05, 0.1) is 0 Å². The number of aliphatic carboxylic acids is 1. The van der Waals surface area contributed by atoms with E-state index in [4.69, 9.17) is 5.11 Å². The number of benzene rings is 1. The molecule has 0 fully saturated rings. The summed E-state index contributed by atoms with van der Waals surface area (Å²) in [6.07, 6.45) is 2.83. The van der Waals surface area contributed by atoms with Gasteiger partial charge in [0.15, 0.2) is 0 Å². The summed E-state index contributed by atoms with van der Waals surface area (Å²) < 4.78 is 1.64. The van der Waals surface area contributed by atoms with Gasteiger partial charge in [0.2, 0.25) is 11.8 Å². The molecule has 2 N–H and O–H groups in total.